The summed E-state index contributed by atoms with van der Waals surface area (Å²) < 4.78 is 90.6. The molecule has 3 rings (SSSR count). The molecule has 0 atom stereocenters. The molecule has 0 aliphatic rings. The fraction of sp³-hybridized carbons (Fsp3) is 0.174. The van der Waals surface area contributed by atoms with E-state index in [-0.39, 0.29) is 14.7 Å². The third-order valence-electron chi connectivity index (χ3n) is 4.66. The average molecular weight is 540 g/mol. The molecular weight excluding hydrogens is 516 g/mol. The predicted octanol–water partition coefficient (Wildman–Crippen LogP) is 3.02. The van der Waals surface area contributed by atoms with Crippen LogP contribution in [0.4, 0.5) is 0 Å². The zero-order chi connectivity index (χ0) is 25.6. The average Bonchev–Trinajstić information content (AvgIpc) is 2.87. The molecule has 187 valence electrons. The second-order valence-corrected chi connectivity index (χ2v) is 12.4. The van der Waals surface area contributed by atoms with Gasteiger partial charge < -0.3 is 0 Å². The van der Waals surface area contributed by atoms with Gasteiger partial charge in [-0.05, 0) is 43.3 Å². The van der Waals surface area contributed by atoms with Crippen LogP contribution >= 0.6 is 0 Å². The van der Waals surface area contributed by atoms with Crippen LogP contribution in [0.15, 0.2) is 106 Å². The van der Waals surface area contributed by atoms with E-state index < -0.39 is 55.6 Å². The first kappa shape index (κ1) is 27.0. The van der Waals surface area contributed by atoms with E-state index in [1.807, 2.05) is 0 Å². The molecule has 0 aliphatic heterocycles. The van der Waals surface area contributed by atoms with Crippen LogP contribution in [0.2, 0.25) is 0 Å². The lowest BCUT2D eigenvalue weighted by Crippen LogP contribution is -2.37. The van der Waals surface area contributed by atoms with Crippen LogP contribution in [0.5, 0.6) is 0 Å². The number of hydrogen-bond donors (Lipinski definition) is 0. The maximum absolute atomic E-state index is 12.6. The van der Waals surface area contributed by atoms with Gasteiger partial charge in [0.1, 0.15) is 0 Å². The van der Waals surface area contributed by atoms with Crippen molar-refractivity contribution < 1.29 is 37.8 Å². The van der Waals surface area contributed by atoms with E-state index in [4.69, 9.17) is 12.5 Å². The minimum absolute atomic E-state index is 0.141. The van der Waals surface area contributed by atoms with Crippen LogP contribution in [0.1, 0.15) is 0 Å². The van der Waals surface area contributed by atoms with Gasteiger partial charge in [-0.15, -0.1) is 0 Å². The fourth-order valence-electron chi connectivity index (χ4n) is 2.70. The van der Waals surface area contributed by atoms with Crippen molar-refractivity contribution in [2.24, 2.45) is 5.41 Å². The molecule has 35 heavy (non-hydrogen) atoms. The summed E-state index contributed by atoms with van der Waals surface area (Å²) >= 11 is 0. The molecule has 0 aromatic heterocycles. The minimum Gasteiger partial charge on any atom is -0.266 e. The predicted molar refractivity (Wildman–Crippen MR) is 127 cm³/mol. The number of hydrogen-bond acceptors (Lipinski definition) is 9. The first-order valence-corrected chi connectivity index (χ1v) is 14.3. The Labute approximate surface area is 205 Å². The van der Waals surface area contributed by atoms with Crippen molar-refractivity contribution in [2.75, 3.05) is 19.8 Å². The van der Waals surface area contributed by atoms with Crippen LogP contribution in [-0.4, -0.2) is 45.1 Å². The molecule has 12 heteroatoms. The van der Waals surface area contributed by atoms with Gasteiger partial charge in [-0.3, -0.25) is 12.5 Å². The highest BCUT2D eigenvalue weighted by Crippen LogP contribution is 2.26. The number of rotatable bonds is 12. The second-order valence-electron chi connectivity index (χ2n) is 7.59. The first-order valence-electron chi connectivity index (χ1n) is 10.1. The van der Waals surface area contributed by atoms with Gasteiger partial charge in [-0.25, -0.2) is 0 Å². The summed E-state index contributed by atoms with van der Waals surface area (Å²) in [6.07, 6.45) is 0. The van der Waals surface area contributed by atoms with E-state index >= 15 is 0 Å². The Morgan fingerprint density at radius 2 is 0.714 bits per heavy atom. The topological polar surface area (TPSA) is 130 Å². The van der Waals surface area contributed by atoms with E-state index in [1.54, 1.807) is 18.2 Å². The van der Waals surface area contributed by atoms with Gasteiger partial charge in [0.15, 0.2) is 0 Å². The standard InChI is InChI=1S/C23H23O9S3/c1-23(17-30-33(24,25)20-11-5-2-6-12-20,18-31-34(26,27)21-13-7-3-8-14-21)19-32-35(28,29)22-15-9-4-10-16-22/h2-16H,1,17-19H2. The molecule has 0 unspecified atom stereocenters. The van der Waals surface area contributed by atoms with Crippen LogP contribution in [0.3, 0.4) is 0 Å². The van der Waals surface area contributed by atoms with E-state index in [0.29, 0.717) is 0 Å². The molecular formula is C23H23O9S3. The lowest BCUT2D eigenvalue weighted by atomic mass is 9.95. The highest BCUT2D eigenvalue weighted by Gasteiger charge is 2.34. The van der Waals surface area contributed by atoms with Crippen molar-refractivity contribution in [2.45, 2.75) is 14.7 Å². The largest absolute Gasteiger partial charge is 0.296 e. The summed E-state index contributed by atoms with van der Waals surface area (Å²) in [4.78, 5) is -0.422. The summed E-state index contributed by atoms with van der Waals surface area (Å²) in [6, 6.07) is 21.7. The van der Waals surface area contributed by atoms with Gasteiger partial charge >= 0.3 is 0 Å². The van der Waals surface area contributed by atoms with Gasteiger partial charge in [0, 0.05) is 5.41 Å². The van der Waals surface area contributed by atoms with Crippen molar-refractivity contribution in [3.05, 3.63) is 97.9 Å². The molecule has 9 nitrogen and oxygen atoms in total. The molecule has 1 radical (unpaired) electrons. The molecule has 0 saturated heterocycles. The highest BCUT2D eigenvalue weighted by molar-refractivity contribution is 7.87. The summed E-state index contributed by atoms with van der Waals surface area (Å²) in [5, 5.41) is 0. The smallest absolute Gasteiger partial charge is 0.266 e. The molecule has 0 aliphatic carbocycles. The summed E-state index contributed by atoms with van der Waals surface area (Å²) in [6.45, 7) is 1.62. The summed E-state index contributed by atoms with van der Waals surface area (Å²) in [5.74, 6) is 0. The van der Waals surface area contributed by atoms with Gasteiger partial charge in [0.25, 0.3) is 30.4 Å². The lowest BCUT2D eigenvalue weighted by Gasteiger charge is -2.27. The molecule has 3 aromatic rings. The zero-order valence-electron chi connectivity index (χ0n) is 18.4. The van der Waals surface area contributed by atoms with Crippen molar-refractivity contribution >= 4 is 30.4 Å². The fourth-order valence-corrected chi connectivity index (χ4v) is 5.79. The van der Waals surface area contributed by atoms with Crippen molar-refractivity contribution in [3.8, 4) is 0 Å². The normalized spacial score (nSPS) is 12.9. The maximum Gasteiger partial charge on any atom is 0.296 e. The third kappa shape index (κ3) is 7.43. The Balaban J connectivity index is 1.81. The number of benzene rings is 3. The molecule has 0 bridgehead atoms. The second kappa shape index (κ2) is 11.0. The molecule has 0 fully saturated rings. The Kier molecular flexibility index (Phi) is 8.46. The summed E-state index contributed by atoms with van der Waals surface area (Å²) in [5.41, 5.74) is -1.74. The monoisotopic (exact) mass is 539 g/mol. The lowest BCUT2D eigenvalue weighted by molar-refractivity contribution is 0.0756. The molecule has 0 amide bonds. The minimum atomic E-state index is -4.26. The quantitative estimate of drug-likeness (QED) is 0.319. The Morgan fingerprint density at radius 3 is 0.943 bits per heavy atom. The molecule has 0 N–H and O–H groups in total. The van der Waals surface area contributed by atoms with Crippen LogP contribution in [0, 0.1) is 12.3 Å². The van der Waals surface area contributed by atoms with Gasteiger partial charge in [-0.1, -0.05) is 54.6 Å². The highest BCUT2D eigenvalue weighted by atomic mass is 32.2. The van der Waals surface area contributed by atoms with Gasteiger partial charge in [0.05, 0.1) is 34.5 Å². The maximum atomic E-state index is 12.6. The van der Waals surface area contributed by atoms with Crippen LogP contribution in [-0.2, 0) is 42.9 Å². The van der Waals surface area contributed by atoms with Gasteiger partial charge in [0.2, 0.25) is 0 Å². The van der Waals surface area contributed by atoms with Crippen molar-refractivity contribution in [1.82, 2.24) is 0 Å². The molecule has 0 saturated carbocycles. The van der Waals surface area contributed by atoms with E-state index in [1.165, 1.54) is 72.8 Å². The molecule has 3 aromatic carbocycles. The van der Waals surface area contributed by atoms with Crippen LogP contribution in [0.25, 0.3) is 0 Å². The zero-order valence-corrected chi connectivity index (χ0v) is 20.8. The Hall–Kier alpha value is -2.61. The van der Waals surface area contributed by atoms with E-state index in [9.17, 15) is 25.3 Å². The van der Waals surface area contributed by atoms with Crippen molar-refractivity contribution in [1.29, 1.82) is 0 Å². The first-order chi connectivity index (χ1) is 16.4. The van der Waals surface area contributed by atoms with E-state index in [2.05, 4.69) is 6.92 Å². The van der Waals surface area contributed by atoms with Gasteiger partial charge in [-0.2, -0.15) is 25.3 Å². The van der Waals surface area contributed by atoms with Crippen molar-refractivity contribution in [3.63, 3.8) is 0 Å². The molecule has 0 heterocycles. The van der Waals surface area contributed by atoms with E-state index in [0.717, 1.165) is 0 Å². The Bertz CT molecular complexity index is 1240. The Morgan fingerprint density at radius 1 is 0.486 bits per heavy atom. The summed E-state index contributed by atoms with van der Waals surface area (Å²) in [7, 11) is -12.8. The van der Waals surface area contributed by atoms with Crippen LogP contribution < -0.4 is 0 Å². The third-order valence-corrected chi connectivity index (χ3v) is 8.49. The SMILES string of the molecule is [CH2]C(COS(=O)(=O)c1ccccc1)(COS(=O)(=O)c1ccccc1)COS(=O)(=O)c1ccccc1. The molecule has 0 spiro atoms.